The molecule has 280 valence electrons. The van der Waals surface area contributed by atoms with E-state index in [1.165, 1.54) is 0 Å². The van der Waals surface area contributed by atoms with Gasteiger partial charge in [0.05, 0.1) is 50.2 Å². The molecular weight excluding hydrogens is 699 g/mol. The second-order valence-corrected chi connectivity index (χ2v) is 19.7. The van der Waals surface area contributed by atoms with Crippen LogP contribution in [0.4, 0.5) is 17.1 Å². The first kappa shape index (κ1) is 36.2. The number of methoxy groups -OCH3 is 1. The van der Waals surface area contributed by atoms with Gasteiger partial charge >= 0.3 is 0 Å². The fourth-order valence-corrected chi connectivity index (χ4v) is 12.1. The third-order valence-corrected chi connectivity index (χ3v) is 14.6. The van der Waals surface area contributed by atoms with E-state index in [-0.39, 0.29) is 43.3 Å². The Balaban J connectivity index is 1.13. The molecule has 0 radical (unpaired) electrons. The minimum Gasteiger partial charge on any atom is -0.497 e. The predicted molar refractivity (Wildman–Crippen MR) is 208 cm³/mol. The molecule has 10 nitrogen and oxygen atoms in total. The Labute approximate surface area is 317 Å². The zero-order valence-electron chi connectivity index (χ0n) is 31.2. The summed E-state index contributed by atoms with van der Waals surface area (Å²) in [5.41, 5.74) is 5.11. The van der Waals surface area contributed by atoms with Gasteiger partial charge in [0.1, 0.15) is 5.75 Å². The van der Waals surface area contributed by atoms with Crippen molar-refractivity contribution in [3.05, 3.63) is 119 Å². The molecule has 0 unspecified atom stereocenters. The predicted octanol–water partition coefficient (Wildman–Crippen LogP) is 5.99. The molecule has 1 spiro atoms. The van der Waals surface area contributed by atoms with Crippen LogP contribution >= 0.6 is 0 Å². The van der Waals surface area contributed by atoms with Crippen LogP contribution in [0.15, 0.2) is 91.0 Å². The number of aliphatic hydroxyl groups is 1. The summed E-state index contributed by atoms with van der Waals surface area (Å²) in [5.74, 6) is -0.331. The summed E-state index contributed by atoms with van der Waals surface area (Å²) < 4.78 is 12.7. The molecule has 11 heteroatoms. The molecule has 2 N–H and O–H groups in total. The molecule has 4 aliphatic heterocycles. The summed E-state index contributed by atoms with van der Waals surface area (Å²) in [6.07, 6.45) is 0.885. The highest BCUT2D eigenvalue weighted by atomic mass is 28.4. The Morgan fingerprint density at radius 1 is 0.926 bits per heavy atom. The zero-order chi connectivity index (χ0) is 37.9. The summed E-state index contributed by atoms with van der Waals surface area (Å²) in [4.78, 5) is 59.7. The molecule has 5 atom stereocenters. The number of amides is 3. The number of rotatable bonds is 8. The van der Waals surface area contributed by atoms with E-state index in [1.807, 2.05) is 105 Å². The van der Waals surface area contributed by atoms with Gasteiger partial charge in [0.25, 0.3) is 5.91 Å². The van der Waals surface area contributed by atoms with Crippen molar-refractivity contribution in [2.24, 2.45) is 5.92 Å². The van der Waals surface area contributed by atoms with Gasteiger partial charge in [-0.2, -0.15) is 0 Å². The smallest absolute Gasteiger partial charge is 0.264 e. The number of nitrogens with zero attached hydrogens (tertiary/aromatic N) is 3. The number of ether oxygens (including phenoxy) is 2. The molecule has 0 aromatic heterocycles. The summed E-state index contributed by atoms with van der Waals surface area (Å²) in [6, 6.07) is 28.8. The van der Waals surface area contributed by atoms with Crippen molar-refractivity contribution in [1.29, 1.82) is 0 Å². The van der Waals surface area contributed by atoms with E-state index in [1.54, 1.807) is 21.8 Å². The van der Waals surface area contributed by atoms with Crippen LogP contribution in [0.2, 0.25) is 18.6 Å². The van der Waals surface area contributed by atoms with Gasteiger partial charge in [0, 0.05) is 35.7 Å². The number of para-hydroxylation sites is 1. The van der Waals surface area contributed by atoms with Crippen LogP contribution in [-0.4, -0.2) is 66.7 Å². The van der Waals surface area contributed by atoms with E-state index in [0.717, 1.165) is 33.6 Å². The first-order valence-corrected chi connectivity index (χ1v) is 21.8. The fraction of sp³-hybridized carbons (Fsp3) is 0.372. The number of aryl methyl sites for hydroxylation is 1. The summed E-state index contributed by atoms with van der Waals surface area (Å²) in [6.45, 7) is 6.06. The van der Waals surface area contributed by atoms with Crippen molar-refractivity contribution in [2.75, 3.05) is 23.5 Å². The number of carbonyl (C=O) groups is 3. The first-order valence-electron chi connectivity index (χ1n) is 18.8. The largest absolute Gasteiger partial charge is 0.497 e. The second kappa shape index (κ2) is 13.8. The molecular formula is C43H47N3O7Si. The van der Waals surface area contributed by atoms with Gasteiger partial charge in [-0.1, -0.05) is 61.5 Å². The molecule has 0 aliphatic carbocycles. The monoisotopic (exact) mass is 745 g/mol. The number of carbonyl (C=O) groups excluding carboxylic acids is 3. The van der Waals surface area contributed by atoms with E-state index in [0.29, 0.717) is 42.8 Å². The van der Waals surface area contributed by atoms with E-state index >= 15 is 4.79 Å². The third-order valence-electron chi connectivity index (χ3n) is 12.1. The van der Waals surface area contributed by atoms with Gasteiger partial charge in [-0.15, -0.1) is 0 Å². The van der Waals surface area contributed by atoms with Gasteiger partial charge in [0.2, 0.25) is 11.8 Å². The zero-order valence-corrected chi connectivity index (χ0v) is 32.2. The Bertz CT molecular complexity index is 2130. The van der Waals surface area contributed by atoms with Gasteiger partial charge in [0.15, 0.2) is 13.9 Å². The van der Waals surface area contributed by atoms with Gasteiger partial charge in [-0.05, 0) is 84.6 Å². The molecule has 4 aromatic rings. The highest BCUT2D eigenvalue weighted by Crippen LogP contribution is 2.60. The third kappa shape index (κ3) is 5.94. The summed E-state index contributed by atoms with van der Waals surface area (Å²) in [5, 5.41) is 10.3. The van der Waals surface area contributed by atoms with Crippen LogP contribution in [0.1, 0.15) is 47.6 Å². The van der Waals surface area contributed by atoms with Crippen molar-refractivity contribution in [2.45, 2.75) is 82.1 Å². The molecule has 1 fully saturated rings. The Hall–Kier alpha value is -4.81. The van der Waals surface area contributed by atoms with Crippen molar-refractivity contribution < 1.29 is 33.8 Å². The normalized spacial score (nSPS) is 24.8. The van der Waals surface area contributed by atoms with E-state index in [4.69, 9.17) is 9.47 Å². The topological polar surface area (TPSA) is 120 Å². The molecule has 4 heterocycles. The van der Waals surface area contributed by atoms with E-state index in [9.17, 15) is 19.5 Å². The number of hydrogen-bond acceptors (Lipinski definition) is 7. The lowest BCUT2D eigenvalue weighted by molar-refractivity contribution is -0.151. The quantitative estimate of drug-likeness (QED) is 0.213. The average Bonchev–Trinajstić information content (AvgIpc) is 3.59. The van der Waals surface area contributed by atoms with E-state index in [2.05, 4.69) is 6.07 Å². The molecule has 0 bridgehead atoms. The standard InChI is InChI=1S/C43H47N3O7Si/c1-27-41(54(3,4)51)38(23-40(49)44-25-31-13-6-5-12-30(31)21-33(44)26-47)53-43(27)35-22-34(52-2)17-18-37(35)45(42(43)50)24-28-10-9-14-32(20-28)46-36-15-8-7-11-29(36)16-19-39(46)48/h5-15,17-18,20,22,27,33,38,41,47,51H,16,19,21,23-26H2,1-4H3/t27-,33-,38+,41-,43+/m0/s1. The van der Waals surface area contributed by atoms with Crippen LogP contribution < -0.4 is 14.5 Å². The number of benzene rings is 4. The molecule has 0 saturated carbocycles. The SMILES string of the molecule is COc1ccc2c(c1)[C@@]1(O[C@H](CC(=O)N3Cc4ccccc4C[C@H]3CO)[C@@H]([Si](C)(C)O)[C@@H]1C)C(=O)N2Cc1cccc(N2C(=O)CCc3ccccc32)c1. The van der Waals surface area contributed by atoms with Crippen LogP contribution in [0, 0.1) is 5.92 Å². The molecule has 4 aliphatic rings. The Morgan fingerprint density at radius 3 is 2.41 bits per heavy atom. The van der Waals surface area contributed by atoms with Crippen molar-refractivity contribution in [3.63, 3.8) is 0 Å². The lowest BCUT2D eigenvalue weighted by Gasteiger charge is -2.37. The van der Waals surface area contributed by atoms with Gasteiger partial charge in [-0.3, -0.25) is 19.3 Å². The summed E-state index contributed by atoms with van der Waals surface area (Å²) in [7, 11) is -1.48. The number of fused-ring (bicyclic) bond motifs is 4. The maximum Gasteiger partial charge on any atom is 0.264 e. The highest BCUT2D eigenvalue weighted by molar-refractivity contribution is 6.71. The van der Waals surface area contributed by atoms with Crippen molar-refractivity contribution in [1.82, 2.24) is 4.90 Å². The number of aliphatic hydroxyl groups excluding tert-OH is 1. The van der Waals surface area contributed by atoms with Crippen molar-refractivity contribution >= 4 is 43.1 Å². The maximum atomic E-state index is 15.1. The van der Waals surface area contributed by atoms with Crippen LogP contribution in [-0.2, 0) is 50.7 Å². The van der Waals surface area contributed by atoms with Gasteiger partial charge in [-0.25, -0.2) is 0 Å². The maximum absolute atomic E-state index is 15.1. The average molecular weight is 746 g/mol. The minimum absolute atomic E-state index is 0.0224. The van der Waals surface area contributed by atoms with Crippen LogP contribution in [0.5, 0.6) is 5.75 Å². The van der Waals surface area contributed by atoms with Crippen molar-refractivity contribution in [3.8, 4) is 5.75 Å². The molecule has 54 heavy (non-hydrogen) atoms. The molecule has 4 aromatic carbocycles. The van der Waals surface area contributed by atoms with E-state index < -0.39 is 31.5 Å². The van der Waals surface area contributed by atoms with Crippen LogP contribution in [0.25, 0.3) is 0 Å². The minimum atomic E-state index is -3.06. The highest BCUT2D eigenvalue weighted by Gasteiger charge is 2.66. The lowest BCUT2D eigenvalue weighted by Crippen LogP contribution is -2.48. The molecule has 3 amide bonds. The molecule has 1 saturated heterocycles. The van der Waals surface area contributed by atoms with Crippen LogP contribution in [0.3, 0.4) is 0 Å². The Morgan fingerprint density at radius 2 is 1.67 bits per heavy atom. The van der Waals surface area contributed by atoms with Gasteiger partial charge < -0.3 is 29.2 Å². The second-order valence-electron chi connectivity index (χ2n) is 15.7. The first-order chi connectivity index (χ1) is 25.9. The summed E-state index contributed by atoms with van der Waals surface area (Å²) >= 11 is 0. The number of hydrogen-bond donors (Lipinski definition) is 2. The fourth-order valence-electron chi connectivity index (χ4n) is 9.56. The Kier molecular flexibility index (Phi) is 9.24. The lowest BCUT2D eigenvalue weighted by atomic mass is 9.82. The number of anilines is 3. The molecule has 8 rings (SSSR count).